The highest BCUT2D eigenvalue weighted by Gasteiger charge is 2.33. The Kier molecular flexibility index (Phi) is 5.26. The molecule has 3 aromatic rings. The Bertz CT molecular complexity index is 1310. The number of nitrogens with zero attached hydrogens (tertiary/aromatic N) is 3. The zero-order valence-electron chi connectivity index (χ0n) is 18.4. The molecule has 0 atom stereocenters. The molecule has 0 N–H and O–H groups in total. The lowest BCUT2D eigenvalue weighted by Crippen LogP contribution is -2.50. The smallest absolute Gasteiger partial charge is 0.254 e. The van der Waals surface area contributed by atoms with E-state index < -0.39 is 10.0 Å². The van der Waals surface area contributed by atoms with Gasteiger partial charge in [-0.2, -0.15) is 4.31 Å². The lowest BCUT2D eigenvalue weighted by atomic mass is 10.0. The summed E-state index contributed by atoms with van der Waals surface area (Å²) in [5.41, 5.74) is 4.29. The van der Waals surface area contributed by atoms with Crippen LogP contribution in [0.2, 0.25) is 0 Å². The van der Waals surface area contributed by atoms with E-state index in [0.29, 0.717) is 42.6 Å². The minimum atomic E-state index is -3.58. The van der Waals surface area contributed by atoms with E-state index >= 15 is 0 Å². The first-order valence-electron chi connectivity index (χ1n) is 11.1. The van der Waals surface area contributed by atoms with Gasteiger partial charge in [0.25, 0.3) is 5.91 Å². The molecule has 1 saturated heterocycles. The van der Waals surface area contributed by atoms with Gasteiger partial charge in [-0.3, -0.25) is 9.78 Å². The molecule has 2 aromatic carbocycles. The van der Waals surface area contributed by atoms with Gasteiger partial charge in [0.05, 0.1) is 16.0 Å². The highest BCUT2D eigenvalue weighted by atomic mass is 32.2. The summed E-state index contributed by atoms with van der Waals surface area (Å²) in [6.45, 7) is 5.10. The number of sulfonamides is 1. The number of hydrogen-bond acceptors (Lipinski definition) is 4. The minimum Gasteiger partial charge on any atom is -0.336 e. The standard InChI is InChI=1S/C25H27N3O3S/c1-17-7-10-24(18(2)15-17)32(30,31)28-13-11-27(12-14-28)25(29)21-16-23(19-8-9-19)26-22-6-4-3-5-20(21)22/h3-7,10,15-16,19H,8-9,11-14H2,1-2H3. The van der Waals surface area contributed by atoms with Crippen molar-refractivity contribution < 1.29 is 13.2 Å². The van der Waals surface area contributed by atoms with Crippen molar-refractivity contribution in [2.24, 2.45) is 0 Å². The molecule has 0 bridgehead atoms. The van der Waals surface area contributed by atoms with E-state index in [4.69, 9.17) is 4.98 Å². The number of amides is 1. The number of rotatable bonds is 4. The van der Waals surface area contributed by atoms with Crippen LogP contribution in [0.3, 0.4) is 0 Å². The zero-order chi connectivity index (χ0) is 22.5. The van der Waals surface area contributed by atoms with Crippen molar-refractivity contribution in [1.82, 2.24) is 14.2 Å². The van der Waals surface area contributed by atoms with E-state index in [-0.39, 0.29) is 5.91 Å². The van der Waals surface area contributed by atoms with Crippen molar-refractivity contribution in [3.05, 3.63) is 70.9 Å². The first-order valence-corrected chi connectivity index (χ1v) is 12.5. The Balaban J connectivity index is 1.37. The van der Waals surface area contributed by atoms with Gasteiger partial charge in [0.15, 0.2) is 0 Å². The first-order chi connectivity index (χ1) is 15.3. The minimum absolute atomic E-state index is 0.0472. The molecule has 6 nitrogen and oxygen atoms in total. The fourth-order valence-corrected chi connectivity index (χ4v) is 6.12. The molecule has 1 amide bonds. The number of benzene rings is 2. The van der Waals surface area contributed by atoms with Gasteiger partial charge in [-0.25, -0.2) is 8.42 Å². The van der Waals surface area contributed by atoms with Crippen molar-refractivity contribution in [3.8, 4) is 0 Å². The fraction of sp³-hybridized carbons (Fsp3) is 0.360. The largest absolute Gasteiger partial charge is 0.336 e. The molecular weight excluding hydrogens is 422 g/mol. The van der Waals surface area contributed by atoms with Gasteiger partial charge < -0.3 is 4.90 Å². The fourth-order valence-electron chi connectivity index (χ4n) is 4.49. The number of piperazine rings is 1. The third-order valence-electron chi connectivity index (χ3n) is 6.44. The average Bonchev–Trinajstić information content (AvgIpc) is 3.63. The van der Waals surface area contributed by atoms with Gasteiger partial charge in [0.1, 0.15) is 0 Å². The van der Waals surface area contributed by atoms with Crippen LogP contribution in [0, 0.1) is 13.8 Å². The van der Waals surface area contributed by atoms with E-state index in [1.165, 1.54) is 4.31 Å². The van der Waals surface area contributed by atoms with Crippen LogP contribution in [-0.4, -0.2) is 54.7 Å². The summed E-state index contributed by atoms with van der Waals surface area (Å²) in [5.74, 6) is 0.403. The Hall–Kier alpha value is -2.77. The van der Waals surface area contributed by atoms with Crippen LogP contribution in [0.15, 0.2) is 53.4 Å². The van der Waals surface area contributed by atoms with Crippen molar-refractivity contribution >= 4 is 26.8 Å². The normalized spacial score (nSPS) is 17.6. The molecule has 0 unspecified atom stereocenters. The number of pyridine rings is 1. The van der Waals surface area contributed by atoms with E-state index in [1.54, 1.807) is 11.0 Å². The van der Waals surface area contributed by atoms with Gasteiger partial charge in [-0.1, -0.05) is 35.9 Å². The molecule has 0 radical (unpaired) electrons. The van der Waals surface area contributed by atoms with Gasteiger partial charge in [0, 0.05) is 43.2 Å². The maximum atomic E-state index is 13.5. The molecular formula is C25H27N3O3S. The Morgan fingerprint density at radius 2 is 1.69 bits per heavy atom. The van der Waals surface area contributed by atoms with Crippen molar-refractivity contribution in [2.75, 3.05) is 26.2 Å². The van der Waals surface area contributed by atoms with Crippen LogP contribution in [0.5, 0.6) is 0 Å². The second-order valence-corrected chi connectivity index (χ2v) is 10.8. The van der Waals surface area contributed by atoms with Crippen molar-refractivity contribution in [3.63, 3.8) is 0 Å². The zero-order valence-corrected chi connectivity index (χ0v) is 19.2. The van der Waals surface area contributed by atoms with Crippen LogP contribution in [0.4, 0.5) is 0 Å². The van der Waals surface area contributed by atoms with Gasteiger partial charge in [-0.15, -0.1) is 0 Å². The first kappa shape index (κ1) is 21.1. The molecule has 0 spiro atoms. The van der Waals surface area contributed by atoms with Crippen molar-refractivity contribution in [1.29, 1.82) is 0 Å². The summed E-state index contributed by atoms with van der Waals surface area (Å²) in [4.78, 5) is 20.3. The van der Waals surface area contributed by atoms with E-state index in [0.717, 1.165) is 40.6 Å². The van der Waals surface area contributed by atoms with Crippen LogP contribution in [0.25, 0.3) is 10.9 Å². The Morgan fingerprint density at radius 3 is 2.38 bits per heavy atom. The van der Waals surface area contributed by atoms with Crippen LogP contribution in [-0.2, 0) is 10.0 Å². The molecule has 1 aliphatic heterocycles. The number of aryl methyl sites for hydroxylation is 2. The Labute approximate surface area is 188 Å². The molecule has 2 fully saturated rings. The molecule has 5 rings (SSSR count). The molecule has 1 aliphatic carbocycles. The predicted molar refractivity (Wildman–Crippen MR) is 124 cm³/mol. The summed E-state index contributed by atoms with van der Waals surface area (Å²) in [6, 6.07) is 15.1. The summed E-state index contributed by atoms with van der Waals surface area (Å²) in [7, 11) is -3.58. The monoisotopic (exact) mass is 449 g/mol. The van der Waals surface area contributed by atoms with Crippen molar-refractivity contribution in [2.45, 2.75) is 37.5 Å². The van der Waals surface area contributed by atoms with Gasteiger partial charge in [0.2, 0.25) is 10.0 Å². The summed E-state index contributed by atoms with van der Waals surface area (Å²) in [5, 5.41) is 0.854. The Morgan fingerprint density at radius 1 is 0.969 bits per heavy atom. The maximum absolute atomic E-state index is 13.5. The van der Waals surface area contributed by atoms with Crippen LogP contribution >= 0.6 is 0 Å². The molecule has 1 aromatic heterocycles. The lowest BCUT2D eigenvalue weighted by molar-refractivity contribution is 0.0699. The van der Waals surface area contributed by atoms with E-state index in [2.05, 4.69) is 0 Å². The lowest BCUT2D eigenvalue weighted by Gasteiger charge is -2.34. The van der Waals surface area contributed by atoms with Crippen LogP contribution < -0.4 is 0 Å². The maximum Gasteiger partial charge on any atom is 0.254 e. The molecule has 2 aliphatic rings. The second kappa shape index (κ2) is 7.98. The number of carbonyl (C=O) groups is 1. The summed E-state index contributed by atoms with van der Waals surface area (Å²) >= 11 is 0. The number of hydrogen-bond donors (Lipinski definition) is 0. The third kappa shape index (κ3) is 3.80. The van der Waals surface area contributed by atoms with Gasteiger partial charge in [-0.05, 0) is 50.5 Å². The highest BCUT2D eigenvalue weighted by molar-refractivity contribution is 7.89. The number of carbonyl (C=O) groups excluding carboxylic acids is 1. The average molecular weight is 450 g/mol. The molecule has 2 heterocycles. The molecule has 166 valence electrons. The number of fused-ring (bicyclic) bond motifs is 1. The molecule has 32 heavy (non-hydrogen) atoms. The summed E-state index contributed by atoms with van der Waals surface area (Å²) in [6.07, 6.45) is 2.24. The van der Waals surface area contributed by atoms with E-state index in [9.17, 15) is 13.2 Å². The molecule has 1 saturated carbocycles. The van der Waals surface area contributed by atoms with E-state index in [1.807, 2.05) is 56.3 Å². The topological polar surface area (TPSA) is 70.6 Å². The quantitative estimate of drug-likeness (QED) is 0.606. The number of aromatic nitrogens is 1. The third-order valence-corrected chi connectivity index (χ3v) is 8.49. The summed E-state index contributed by atoms with van der Waals surface area (Å²) < 4.78 is 27.9. The van der Waals surface area contributed by atoms with Gasteiger partial charge >= 0.3 is 0 Å². The predicted octanol–water partition coefficient (Wildman–Crippen LogP) is 3.88. The molecule has 7 heteroatoms. The SMILES string of the molecule is Cc1ccc(S(=O)(=O)N2CCN(C(=O)c3cc(C4CC4)nc4ccccc34)CC2)c(C)c1. The van der Waals surface area contributed by atoms with Crippen LogP contribution in [0.1, 0.15) is 45.9 Å². The second-order valence-electron chi connectivity index (χ2n) is 8.85. The highest BCUT2D eigenvalue weighted by Crippen LogP contribution is 2.40. The number of para-hydroxylation sites is 1.